The maximum Gasteiger partial charge on any atom is 0.223 e. The number of hydrogen-bond donors (Lipinski definition) is 1. The molecular formula is C24H52N4O2. The summed E-state index contributed by atoms with van der Waals surface area (Å²) in [5.41, 5.74) is 0. The first-order valence-electron chi connectivity index (χ1n) is 11.9. The van der Waals surface area contributed by atoms with Crippen molar-refractivity contribution in [3.63, 3.8) is 0 Å². The molecule has 0 radical (unpaired) electrons. The number of piperidine rings is 1. The summed E-state index contributed by atoms with van der Waals surface area (Å²) in [4.78, 5) is 31.3. The minimum atomic E-state index is 0. The molecule has 0 bridgehead atoms. The van der Waals surface area contributed by atoms with Crippen LogP contribution in [0.2, 0.25) is 0 Å². The van der Waals surface area contributed by atoms with E-state index in [0.717, 1.165) is 58.8 Å². The Labute approximate surface area is 187 Å². The number of nitrogens with one attached hydrogen (secondary N) is 1. The van der Waals surface area contributed by atoms with Crippen LogP contribution in [0.1, 0.15) is 75.7 Å². The molecule has 2 amide bonds. The number of likely N-dealkylation sites (tertiary alicyclic amines) is 1. The number of hydrogen-bond acceptors (Lipinski definition) is 4. The highest BCUT2D eigenvalue weighted by Crippen LogP contribution is 2.18. The molecule has 2 aliphatic rings. The van der Waals surface area contributed by atoms with E-state index in [9.17, 15) is 9.59 Å². The molecule has 30 heavy (non-hydrogen) atoms. The second-order valence-corrected chi connectivity index (χ2v) is 7.90. The summed E-state index contributed by atoms with van der Waals surface area (Å²) in [6, 6.07) is 0.195. The summed E-state index contributed by atoms with van der Waals surface area (Å²) in [5.74, 6) is 0.704. The maximum atomic E-state index is 12.5. The van der Waals surface area contributed by atoms with Crippen LogP contribution < -0.4 is 5.32 Å². The molecule has 6 nitrogen and oxygen atoms in total. The third-order valence-electron chi connectivity index (χ3n) is 5.66. The van der Waals surface area contributed by atoms with E-state index in [4.69, 9.17) is 0 Å². The van der Waals surface area contributed by atoms with Gasteiger partial charge in [0.2, 0.25) is 11.8 Å². The SMILES string of the molecule is C.CC.CC.CCN1CCN(CCC(=O)N2CCC(NC(=O)C(C)C)C(C)C2)CC1. The average molecular weight is 429 g/mol. The fraction of sp³-hybridized carbons (Fsp3) is 0.917. The number of rotatable bonds is 6. The monoisotopic (exact) mass is 428 g/mol. The molecule has 2 heterocycles. The molecule has 0 aliphatic carbocycles. The van der Waals surface area contributed by atoms with Crippen LogP contribution in [0.15, 0.2) is 0 Å². The Bertz CT molecular complexity index is 448. The van der Waals surface area contributed by atoms with Gasteiger partial charge in [-0.1, -0.05) is 62.8 Å². The van der Waals surface area contributed by atoms with Gasteiger partial charge in [-0.15, -0.1) is 0 Å². The van der Waals surface area contributed by atoms with Crippen LogP contribution in [-0.4, -0.2) is 84.9 Å². The number of carbonyl (C=O) groups excluding carboxylic acids is 2. The molecule has 6 heteroatoms. The quantitative estimate of drug-likeness (QED) is 0.701. The first-order valence-corrected chi connectivity index (χ1v) is 11.9. The van der Waals surface area contributed by atoms with Crippen LogP contribution >= 0.6 is 0 Å². The molecule has 2 fully saturated rings. The normalized spacial score (nSPS) is 22.1. The van der Waals surface area contributed by atoms with Gasteiger partial charge >= 0.3 is 0 Å². The van der Waals surface area contributed by atoms with E-state index >= 15 is 0 Å². The Hall–Kier alpha value is -1.14. The molecule has 2 saturated heterocycles. The molecule has 0 saturated carbocycles. The smallest absolute Gasteiger partial charge is 0.223 e. The van der Waals surface area contributed by atoms with Crippen molar-refractivity contribution >= 4 is 11.8 Å². The van der Waals surface area contributed by atoms with Gasteiger partial charge in [-0.05, 0) is 18.9 Å². The Balaban J connectivity index is 0. The molecular weight excluding hydrogens is 376 g/mol. The average Bonchev–Trinajstić information content (AvgIpc) is 2.76. The Morgan fingerprint density at radius 1 is 0.967 bits per heavy atom. The fourth-order valence-electron chi connectivity index (χ4n) is 3.68. The molecule has 2 rings (SSSR count). The Morgan fingerprint density at radius 2 is 1.50 bits per heavy atom. The summed E-state index contributed by atoms with van der Waals surface area (Å²) in [6.07, 6.45) is 1.47. The predicted octanol–water partition coefficient (Wildman–Crippen LogP) is 3.71. The van der Waals surface area contributed by atoms with Crippen molar-refractivity contribution in [3.05, 3.63) is 0 Å². The third kappa shape index (κ3) is 10.8. The lowest BCUT2D eigenvalue weighted by molar-refractivity contribution is -0.134. The summed E-state index contributed by atoms with van der Waals surface area (Å²) >= 11 is 0. The van der Waals surface area contributed by atoms with Crippen LogP contribution in [0.3, 0.4) is 0 Å². The molecule has 2 unspecified atom stereocenters. The van der Waals surface area contributed by atoms with Gasteiger partial charge in [0.05, 0.1) is 0 Å². The van der Waals surface area contributed by atoms with Crippen molar-refractivity contribution in [1.29, 1.82) is 0 Å². The van der Waals surface area contributed by atoms with Crippen LogP contribution in [0.25, 0.3) is 0 Å². The fourth-order valence-corrected chi connectivity index (χ4v) is 3.68. The van der Waals surface area contributed by atoms with Gasteiger partial charge < -0.3 is 20.0 Å². The molecule has 2 atom stereocenters. The zero-order valence-electron chi connectivity index (χ0n) is 20.5. The molecule has 0 spiro atoms. The molecule has 1 N–H and O–H groups in total. The van der Waals surface area contributed by atoms with E-state index in [0.29, 0.717) is 12.3 Å². The number of nitrogens with zero attached hydrogens (tertiary/aromatic N) is 3. The molecule has 0 aromatic rings. The van der Waals surface area contributed by atoms with E-state index < -0.39 is 0 Å². The van der Waals surface area contributed by atoms with Crippen molar-refractivity contribution in [2.24, 2.45) is 11.8 Å². The predicted molar refractivity (Wildman–Crippen MR) is 130 cm³/mol. The molecule has 2 aliphatic heterocycles. The van der Waals surface area contributed by atoms with Crippen LogP contribution in [0, 0.1) is 11.8 Å². The Kier molecular flexibility index (Phi) is 18.1. The standard InChI is InChI=1S/C19H36N4O2.2C2H6.CH4/c1-5-21-10-12-22(13-11-21)8-7-18(24)23-9-6-17(16(4)14-23)20-19(25)15(2)3;2*1-2;/h15-17H,5-14H2,1-4H3,(H,20,25);2*1-2H3;1H4. The van der Waals surface area contributed by atoms with E-state index in [1.807, 2.05) is 46.4 Å². The van der Waals surface area contributed by atoms with Crippen molar-refractivity contribution in [2.75, 3.05) is 52.4 Å². The zero-order chi connectivity index (χ0) is 22.4. The highest BCUT2D eigenvalue weighted by atomic mass is 16.2. The highest BCUT2D eigenvalue weighted by molar-refractivity contribution is 5.78. The summed E-state index contributed by atoms with van der Waals surface area (Å²) in [6.45, 7) is 24.0. The lowest BCUT2D eigenvalue weighted by Gasteiger charge is -2.38. The zero-order valence-corrected chi connectivity index (χ0v) is 20.5. The van der Waals surface area contributed by atoms with Gasteiger partial charge in [0.25, 0.3) is 0 Å². The number of likely N-dealkylation sites (N-methyl/N-ethyl adjacent to an activating group) is 1. The first kappa shape index (κ1) is 31.0. The van der Waals surface area contributed by atoms with Crippen molar-refractivity contribution in [1.82, 2.24) is 20.0 Å². The third-order valence-corrected chi connectivity index (χ3v) is 5.66. The molecule has 0 aromatic heterocycles. The second kappa shape index (κ2) is 17.5. The second-order valence-electron chi connectivity index (χ2n) is 7.90. The Morgan fingerprint density at radius 3 is 1.97 bits per heavy atom. The van der Waals surface area contributed by atoms with Crippen LogP contribution in [0.5, 0.6) is 0 Å². The van der Waals surface area contributed by atoms with Gasteiger partial charge in [0.1, 0.15) is 0 Å². The van der Waals surface area contributed by atoms with Gasteiger partial charge in [-0.2, -0.15) is 0 Å². The maximum absolute atomic E-state index is 12.5. The van der Waals surface area contributed by atoms with Crippen molar-refractivity contribution in [2.45, 2.75) is 81.7 Å². The lowest BCUT2D eigenvalue weighted by atomic mass is 9.93. The first-order chi connectivity index (χ1) is 13.9. The van der Waals surface area contributed by atoms with E-state index in [2.05, 4.69) is 29.0 Å². The van der Waals surface area contributed by atoms with Gasteiger partial charge in [0.15, 0.2) is 0 Å². The van der Waals surface area contributed by atoms with Crippen LogP contribution in [0.4, 0.5) is 0 Å². The lowest BCUT2D eigenvalue weighted by Crippen LogP contribution is -2.52. The summed E-state index contributed by atoms with van der Waals surface area (Å²) < 4.78 is 0. The van der Waals surface area contributed by atoms with E-state index in [-0.39, 0.29) is 31.2 Å². The van der Waals surface area contributed by atoms with Crippen LogP contribution in [-0.2, 0) is 9.59 Å². The number of piperazine rings is 1. The van der Waals surface area contributed by atoms with Crippen molar-refractivity contribution < 1.29 is 9.59 Å². The minimum absolute atomic E-state index is 0. The minimum Gasteiger partial charge on any atom is -0.353 e. The van der Waals surface area contributed by atoms with E-state index in [1.54, 1.807) is 0 Å². The van der Waals surface area contributed by atoms with Gasteiger partial charge in [0, 0.05) is 64.2 Å². The molecule has 180 valence electrons. The van der Waals surface area contributed by atoms with Gasteiger partial charge in [-0.3, -0.25) is 9.59 Å². The molecule has 0 aromatic carbocycles. The summed E-state index contributed by atoms with van der Waals surface area (Å²) in [7, 11) is 0. The number of amides is 2. The topological polar surface area (TPSA) is 55.9 Å². The van der Waals surface area contributed by atoms with E-state index in [1.165, 1.54) is 0 Å². The van der Waals surface area contributed by atoms with Gasteiger partial charge in [-0.25, -0.2) is 0 Å². The number of carbonyl (C=O) groups is 2. The largest absolute Gasteiger partial charge is 0.353 e. The highest BCUT2D eigenvalue weighted by Gasteiger charge is 2.30. The summed E-state index contributed by atoms with van der Waals surface area (Å²) in [5, 5.41) is 3.13. The van der Waals surface area contributed by atoms with Crippen molar-refractivity contribution in [3.8, 4) is 0 Å².